The van der Waals surface area contributed by atoms with Crippen LogP contribution < -0.4 is 4.87 Å². The number of likely N-dealkylation sites (tertiary alicyclic amines) is 2. The van der Waals surface area contributed by atoms with Gasteiger partial charge in [-0.1, -0.05) is 23.5 Å². The summed E-state index contributed by atoms with van der Waals surface area (Å²) < 4.78 is 0. The zero-order valence-electron chi connectivity index (χ0n) is 15.3. The SMILES string of the molecule is O=C(Cc1cccc(O)c1)N1CC[C@@H]2[C@H]1CCCN2C(=O)Cc1n[nH]c(=O)s1. The summed E-state index contributed by atoms with van der Waals surface area (Å²) >= 11 is 0.958. The van der Waals surface area contributed by atoms with E-state index in [0.717, 1.165) is 36.2 Å². The topological polar surface area (TPSA) is 107 Å². The number of H-pyrrole nitrogens is 1. The molecule has 1 aromatic carbocycles. The lowest BCUT2D eigenvalue weighted by molar-refractivity contribution is -0.138. The minimum absolute atomic E-state index is 0.0186. The van der Waals surface area contributed by atoms with Crippen molar-refractivity contribution in [2.45, 2.75) is 44.2 Å². The molecule has 4 rings (SSSR count). The molecule has 2 aliphatic rings. The summed E-state index contributed by atoms with van der Waals surface area (Å²) in [6.45, 7) is 1.31. The Hall–Kier alpha value is -2.68. The van der Waals surface area contributed by atoms with E-state index >= 15 is 0 Å². The average molecular weight is 402 g/mol. The zero-order chi connectivity index (χ0) is 19.7. The number of aromatic hydroxyl groups is 1. The first-order valence-corrected chi connectivity index (χ1v) is 10.2. The number of phenolic OH excluding ortho intramolecular Hbond substituents is 1. The van der Waals surface area contributed by atoms with Gasteiger partial charge in [0, 0.05) is 13.1 Å². The summed E-state index contributed by atoms with van der Waals surface area (Å²) in [6, 6.07) is 6.80. The Labute approximate surface area is 165 Å². The third kappa shape index (κ3) is 3.80. The standard InChI is InChI=1S/C19H22N4O4S/c24-13-4-1-3-12(9-13)10-17(25)23-8-6-15-14(23)5-2-7-22(15)18(26)11-16-20-21-19(27)28-16/h1,3-4,9,14-15,24H,2,5-8,10-11H2,(H,21,27)/t14-,15-/m1/s1. The second-order valence-corrected chi connectivity index (χ2v) is 8.32. The second kappa shape index (κ2) is 7.75. The van der Waals surface area contributed by atoms with Crippen LogP contribution in [0.15, 0.2) is 29.1 Å². The molecule has 0 saturated carbocycles. The summed E-state index contributed by atoms with van der Waals surface area (Å²) in [7, 11) is 0. The van der Waals surface area contributed by atoms with E-state index in [1.54, 1.807) is 18.2 Å². The molecule has 0 aliphatic carbocycles. The van der Waals surface area contributed by atoms with Crippen LogP contribution in [-0.4, -0.2) is 62.1 Å². The van der Waals surface area contributed by atoms with Gasteiger partial charge in [-0.15, -0.1) is 0 Å². The summed E-state index contributed by atoms with van der Waals surface area (Å²) in [6.07, 6.45) is 2.85. The van der Waals surface area contributed by atoms with Crippen LogP contribution in [0.2, 0.25) is 0 Å². The van der Waals surface area contributed by atoms with E-state index in [-0.39, 0.29) is 47.4 Å². The lowest BCUT2D eigenvalue weighted by Gasteiger charge is -2.40. The van der Waals surface area contributed by atoms with Crippen LogP contribution in [-0.2, 0) is 22.4 Å². The molecular weight excluding hydrogens is 380 g/mol. The fraction of sp³-hybridized carbons (Fsp3) is 0.474. The van der Waals surface area contributed by atoms with Crippen LogP contribution in [0.5, 0.6) is 5.75 Å². The van der Waals surface area contributed by atoms with E-state index in [1.807, 2.05) is 15.9 Å². The Morgan fingerprint density at radius 1 is 1.14 bits per heavy atom. The van der Waals surface area contributed by atoms with E-state index in [1.165, 1.54) is 0 Å². The highest BCUT2D eigenvalue weighted by Crippen LogP contribution is 2.32. The van der Waals surface area contributed by atoms with Crippen LogP contribution in [0.25, 0.3) is 0 Å². The maximum atomic E-state index is 12.8. The number of hydrogen-bond acceptors (Lipinski definition) is 6. The van der Waals surface area contributed by atoms with Crippen LogP contribution >= 0.6 is 11.3 Å². The van der Waals surface area contributed by atoms with E-state index in [0.29, 0.717) is 18.1 Å². The van der Waals surface area contributed by atoms with E-state index in [9.17, 15) is 19.5 Å². The molecule has 2 saturated heterocycles. The molecule has 0 bridgehead atoms. The van der Waals surface area contributed by atoms with Crippen molar-refractivity contribution in [2.24, 2.45) is 0 Å². The van der Waals surface area contributed by atoms with Gasteiger partial charge in [0.1, 0.15) is 10.8 Å². The molecule has 0 unspecified atom stereocenters. The lowest BCUT2D eigenvalue weighted by Crippen LogP contribution is -2.53. The molecule has 2 atom stereocenters. The highest BCUT2D eigenvalue weighted by atomic mass is 32.1. The number of fused-ring (bicyclic) bond motifs is 1. The third-order valence-corrected chi connectivity index (χ3v) is 6.25. The van der Waals surface area contributed by atoms with E-state index < -0.39 is 0 Å². The number of nitrogens with zero attached hydrogens (tertiary/aromatic N) is 3. The largest absolute Gasteiger partial charge is 0.508 e. The Morgan fingerprint density at radius 3 is 2.64 bits per heavy atom. The summed E-state index contributed by atoms with van der Waals surface area (Å²) in [4.78, 5) is 40.3. The highest BCUT2D eigenvalue weighted by molar-refractivity contribution is 7.08. The molecule has 2 aromatic rings. The van der Waals surface area contributed by atoms with Crippen molar-refractivity contribution >= 4 is 23.2 Å². The number of aromatic amines is 1. The second-order valence-electron chi connectivity index (χ2n) is 7.27. The first-order valence-electron chi connectivity index (χ1n) is 9.42. The number of carbonyl (C=O) groups excluding carboxylic acids is 2. The molecule has 0 spiro atoms. The van der Waals surface area contributed by atoms with Gasteiger partial charge in [-0.3, -0.25) is 14.4 Å². The first kappa shape index (κ1) is 18.7. The monoisotopic (exact) mass is 402 g/mol. The number of benzene rings is 1. The minimum atomic E-state index is -0.260. The molecular formula is C19H22N4O4S. The molecule has 1 aromatic heterocycles. The number of amides is 2. The average Bonchev–Trinajstić information content (AvgIpc) is 3.27. The summed E-state index contributed by atoms with van der Waals surface area (Å²) in [5, 5.41) is 16.3. The van der Waals surface area contributed by atoms with Gasteiger partial charge >= 0.3 is 4.87 Å². The molecule has 8 nitrogen and oxygen atoms in total. The maximum Gasteiger partial charge on any atom is 0.322 e. The third-order valence-electron chi connectivity index (χ3n) is 5.50. The smallest absolute Gasteiger partial charge is 0.322 e. The van der Waals surface area contributed by atoms with Crippen LogP contribution in [0.4, 0.5) is 0 Å². The van der Waals surface area contributed by atoms with Crippen molar-refractivity contribution < 1.29 is 14.7 Å². The molecule has 2 fully saturated rings. The Kier molecular flexibility index (Phi) is 5.17. The molecule has 28 heavy (non-hydrogen) atoms. The van der Waals surface area contributed by atoms with Crippen LogP contribution in [0, 0.1) is 0 Å². The van der Waals surface area contributed by atoms with Gasteiger partial charge in [-0.25, -0.2) is 5.10 Å². The fourth-order valence-electron chi connectivity index (χ4n) is 4.31. The number of hydrogen-bond donors (Lipinski definition) is 2. The molecule has 2 aliphatic heterocycles. The van der Waals surface area contributed by atoms with Gasteiger partial charge < -0.3 is 14.9 Å². The minimum Gasteiger partial charge on any atom is -0.508 e. The van der Waals surface area contributed by atoms with Gasteiger partial charge in [0.05, 0.1) is 24.9 Å². The first-order chi connectivity index (χ1) is 13.5. The number of phenols is 1. The zero-order valence-corrected chi connectivity index (χ0v) is 16.2. The highest BCUT2D eigenvalue weighted by Gasteiger charge is 2.43. The van der Waals surface area contributed by atoms with Crippen LogP contribution in [0.1, 0.15) is 29.8 Å². The Morgan fingerprint density at radius 2 is 1.89 bits per heavy atom. The molecule has 2 N–H and O–H groups in total. The summed E-state index contributed by atoms with van der Waals surface area (Å²) in [5.74, 6) is 0.136. The summed E-state index contributed by atoms with van der Waals surface area (Å²) in [5.41, 5.74) is 0.783. The van der Waals surface area contributed by atoms with Crippen molar-refractivity contribution in [2.75, 3.05) is 13.1 Å². The predicted octanol–water partition coefficient (Wildman–Crippen LogP) is 0.914. The Balaban J connectivity index is 1.43. The molecule has 2 amide bonds. The number of aromatic nitrogens is 2. The molecule has 0 radical (unpaired) electrons. The van der Waals surface area contributed by atoms with Crippen molar-refractivity contribution in [3.63, 3.8) is 0 Å². The van der Waals surface area contributed by atoms with Gasteiger partial charge in [0.25, 0.3) is 0 Å². The van der Waals surface area contributed by atoms with Crippen molar-refractivity contribution in [1.82, 2.24) is 20.0 Å². The van der Waals surface area contributed by atoms with Gasteiger partial charge in [-0.05, 0) is 37.0 Å². The predicted molar refractivity (Wildman–Crippen MR) is 103 cm³/mol. The quantitative estimate of drug-likeness (QED) is 0.791. The number of nitrogens with one attached hydrogen (secondary N) is 1. The van der Waals surface area contributed by atoms with E-state index in [2.05, 4.69) is 10.2 Å². The van der Waals surface area contributed by atoms with Gasteiger partial charge in [-0.2, -0.15) is 5.10 Å². The van der Waals surface area contributed by atoms with Crippen molar-refractivity contribution in [3.05, 3.63) is 44.5 Å². The number of rotatable bonds is 4. The Bertz CT molecular complexity index is 940. The van der Waals surface area contributed by atoms with E-state index in [4.69, 9.17) is 0 Å². The molecule has 148 valence electrons. The van der Waals surface area contributed by atoms with Crippen molar-refractivity contribution in [1.29, 1.82) is 0 Å². The number of piperidine rings is 1. The molecule has 3 heterocycles. The van der Waals surface area contributed by atoms with Gasteiger partial charge in [0.2, 0.25) is 11.8 Å². The molecule has 9 heteroatoms. The van der Waals surface area contributed by atoms with Crippen molar-refractivity contribution in [3.8, 4) is 5.75 Å². The van der Waals surface area contributed by atoms with Crippen LogP contribution in [0.3, 0.4) is 0 Å². The fourth-order valence-corrected chi connectivity index (χ4v) is 4.91. The van der Waals surface area contributed by atoms with Gasteiger partial charge in [0.15, 0.2) is 0 Å². The number of carbonyl (C=O) groups is 2. The normalized spacial score (nSPS) is 21.6. The maximum absolute atomic E-state index is 12.8. The lowest BCUT2D eigenvalue weighted by atomic mass is 9.96.